The van der Waals surface area contributed by atoms with Crippen molar-refractivity contribution >= 4 is 0 Å². The van der Waals surface area contributed by atoms with E-state index >= 15 is 0 Å². The van der Waals surface area contributed by atoms with Crippen LogP contribution in [-0.4, -0.2) is 40.4 Å². The van der Waals surface area contributed by atoms with Gasteiger partial charge in [-0.25, -0.2) is 0 Å². The molecule has 1 saturated heterocycles. The van der Waals surface area contributed by atoms with E-state index < -0.39 is 0 Å². The first-order valence-electron chi connectivity index (χ1n) is 5.52. The number of nitrogens with zero attached hydrogens (tertiary/aromatic N) is 3. The Bertz CT molecular complexity index is 321. The van der Waals surface area contributed by atoms with Gasteiger partial charge in [0.2, 0.25) is 0 Å². The van der Waals surface area contributed by atoms with Crippen molar-refractivity contribution in [3.63, 3.8) is 0 Å². The van der Waals surface area contributed by atoms with Crippen LogP contribution in [0.15, 0.2) is 12.3 Å². The number of aryl methyl sites for hydroxylation is 1. The molecule has 4 nitrogen and oxygen atoms in total. The molecule has 0 N–H and O–H groups in total. The van der Waals surface area contributed by atoms with Gasteiger partial charge in [-0.1, -0.05) is 0 Å². The van der Waals surface area contributed by atoms with Gasteiger partial charge in [0, 0.05) is 32.4 Å². The van der Waals surface area contributed by atoms with Crippen molar-refractivity contribution in [1.29, 1.82) is 0 Å². The summed E-state index contributed by atoms with van der Waals surface area (Å²) in [7, 11) is 1.94. The minimum Gasteiger partial charge on any atom is -0.369 e. The van der Waals surface area contributed by atoms with Gasteiger partial charge in [0.15, 0.2) is 0 Å². The molecule has 84 valence electrons. The highest BCUT2D eigenvalue weighted by Crippen LogP contribution is 2.21. The molecule has 15 heavy (non-hydrogen) atoms. The lowest BCUT2D eigenvalue weighted by Gasteiger charge is -2.34. The van der Waals surface area contributed by atoms with Crippen molar-refractivity contribution in [2.24, 2.45) is 7.05 Å². The Morgan fingerprint density at radius 2 is 2.33 bits per heavy atom. The van der Waals surface area contributed by atoms with Crippen molar-refractivity contribution in [3.05, 3.63) is 18.0 Å². The molecule has 0 radical (unpaired) electrons. The first-order valence-corrected chi connectivity index (χ1v) is 5.52. The van der Waals surface area contributed by atoms with E-state index in [2.05, 4.69) is 23.8 Å². The zero-order chi connectivity index (χ0) is 10.8. The van der Waals surface area contributed by atoms with E-state index in [-0.39, 0.29) is 6.10 Å². The Kier molecular flexibility index (Phi) is 3.07. The zero-order valence-electron chi connectivity index (χ0n) is 9.68. The largest absolute Gasteiger partial charge is 0.369 e. The van der Waals surface area contributed by atoms with Crippen molar-refractivity contribution in [2.45, 2.75) is 26.0 Å². The molecule has 0 spiro atoms. The lowest BCUT2D eigenvalue weighted by atomic mass is 10.2. The summed E-state index contributed by atoms with van der Waals surface area (Å²) in [4.78, 5) is 2.43. The van der Waals surface area contributed by atoms with Crippen LogP contribution < -0.4 is 0 Å². The van der Waals surface area contributed by atoms with Gasteiger partial charge < -0.3 is 4.74 Å². The third kappa shape index (κ3) is 2.38. The fraction of sp³-hybridized carbons (Fsp3) is 0.727. The molecule has 0 amide bonds. The predicted octanol–water partition coefficient (Wildman–Crippen LogP) is 1.20. The summed E-state index contributed by atoms with van der Waals surface area (Å²) in [6.45, 7) is 7.23. The van der Waals surface area contributed by atoms with E-state index in [0.29, 0.717) is 6.04 Å². The van der Waals surface area contributed by atoms with Crippen molar-refractivity contribution in [3.8, 4) is 0 Å². The number of ether oxygens (including phenoxy) is 1. The Balaban J connectivity index is 2.04. The van der Waals surface area contributed by atoms with Crippen LogP contribution in [0.25, 0.3) is 0 Å². The number of rotatable bonds is 2. The summed E-state index contributed by atoms with van der Waals surface area (Å²) in [5, 5.41) is 4.39. The van der Waals surface area contributed by atoms with E-state index in [0.717, 1.165) is 25.4 Å². The second-order valence-corrected chi connectivity index (χ2v) is 4.36. The van der Waals surface area contributed by atoms with Gasteiger partial charge in [-0.15, -0.1) is 0 Å². The fourth-order valence-electron chi connectivity index (χ4n) is 1.92. The van der Waals surface area contributed by atoms with Crippen molar-refractivity contribution in [2.75, 3.05) is 19.7 Å². The SMILES string of the molecule is CC(C)N1CCO[C@H](c2ccn(C)n2)C1. The monoisotopic (exact) mass is 209 g/mol. The molecule has 1 fully saturated rings. The van der Waals surface area contributed by atoms with Gasteiger partial charge in [-0.3, -0.25) is 9.58 Å². The van der Waals surface area contributed by atoms with Crippen LogP contribution >= 0.6 is 0 Å². The van der Waals surface area contributed by atoms with Crippen LogP contribution in [0.5, 0.6) is 0 Å². The quantitative estimate of drug-likeness (QED) is 0.733. The third-order valence-electron chi connectivity index (χ3n) is 2.89. The highest BCUT2D eigenvalue weighted by atomic mass is 16.5. The Morgan fingerprint density at radius 3 is 2.93 bits per heavy atom. The highest BCUT2D eigenvalue weighted by Gasteiger charge is 2.24. The molecule has 2 heterocycles. The number of aromatic nitrogens is 2. The second kappa shape index (κ2) is 4.33. The normalized spacial score (nSPS) is 23.6. The fourth-order valence-corrected chi connectivity index (χ4v) is 1.92. The molecule has 2 rings (SSSR count). The molecule has 0 aromatic carbocycles. The topological polar surface area (TPSA) is 30.3 Å². The Labute approximate surface area is 90.8 Å². The van der Waals surface area contributed by atoms with Crippen LogP contribution in [0, 0.1) is 0 Å². The summed E-state index contributed by atoms with van der Waals surface area (Å²) in [6.07, 6.45) is 2.11. The van der Waals surface area contributed by atoms with Gasteiger partial charge in [-0.05, 0) is 19.9 Å². The summed E-state index contributed by atoms with van der Waals surface area (Å²) in [5.74, 6) is 0. The minimum absolute atomic E-state index is 0.141. The average molecular weight is 209 g/mol. The highest BCUT2D eigenvalue weighted by molar-refractivity contribution is 5.04. The Morgan fingerprint density at radius 1 is 1.53 bits per heavy atom. The van der Waals surface area contributed by atoms with E-state index in [9.17, 15) is 0 Å². The third-order valence-corrected chi connectivity index (χ3v) is 2.89. The van der Waals surface area contributed by atoms with Gasteiger partial charge in [0.05, 0.1) is 12.3 Å². The number of morpholine rings is 1. The van der Waals surface area contributed by atoms with Crippen molar-refractivity contribution in [1.82, 2.24) is 14.7 Å². The molecule has 0 saturated carbocycles. The molecule has 1 atom stereocenters. The minimum atomic E-state index is 0.141. The summed E-state index contributed by atoms with van der Waals surface area (Å²) >= 11 is 0. The first kappa shape index (κ1) is 10.6. The molecule has 1 aliphatic rings. The Hall–Kier alpha value is -0.870. The lowest BCUT2D eigenvalue weighted by Crippen LogP contribution is -2.42. The number of hydrogen-bond donors (Lipinski definition) is 0. The first-order chi connectivity index (χ1) is 7.16. The molecule has 1 aromatic rings. The predicted molar refractivity (Wildman–Crippen MR) is 58.6 cm³/mol. The second-order valence-electron chi connectivity index (χ2n) is 4.36. The van der Waals surface area contributed by atoms with Gasteiger partial charge in [0.1, 0.15) is 6.10 Å². The van der Waals surface area contributed by atoms with Crippen LogP contribution in [0.1, 0.15) is 25.6 Å². The lowest BCUT2D eigenvalue weighted by molar-refractivity contribution is -0.0423. The maximum atomic E-state index is 5.74. The van der Waals surface area contributed by atoms with E-state index in [1.165, 1.54) is 0 Å². The van der Waals surface area contributed by atoms with E-state index in [1.54, 1.807) is 0 Å². The molecular formula is C11H19N3O. The van der Waals surface area contributed by atoms with Crippen LogP contribution in [0.4, 0.5) is 0 Å². The maximum Gasteiger partial charge on any atom is 0.114 e. The average Bonchev–Trinajstić information content (AvgIpc) is 2.65. The molecule has 1 aliphatic heterocycles. The molecule has 1 aromatic heterocycles. The summed E-state index contributed by atoms with van der Waals surface area (Å²) in [5.41, 5.74) is 1.04. The summed E-state index contributed by atoms with van der Waals surface area (Å²) in [6, 6.07) is 2.62. The molecule has 0 aliphatic carbocycles. The van der Waals surface area contributed by atoms with Crippen LogP contribution in [0.2, 0.25) is 0 Å². The molecule has 0 unspecified atom stereocenters. The van der Waals surface area contributed by atoms with Gasteiger partial charge in [-0.2, -0.15) is 5.10 Å². The summed E-state index contributed by atoms with van der Waals surface area (Å²) < 4.78 is 7.57. The smallest absolute Gasteiger partial charge is 0.114 e. The molecule has 4 heteroatoms. The molecule has 0 bridgehead atoms. The van der Waals surface area contributed by atoms with E-state index in [1.807, 2.05) is 24.0 Å². The molecular weight excluding hydrogens is 190 g/mol. The number of hydrogen-bond acceptors (Lipinski definition) is 3. The van der Waals surface area contributed by atoms with Gasteiger partial charge >= 0.3 is 0 Å². The standard InChI is InChI=1S/C11H19N3O/c1-9(2)14-6-7-15-11(8-14)10-4-5-13(3)12-10/h4-5,9,11H,6-8H2,1-3H3/t11-/m0/s1. The van der Waals surface area contributed by atoms with Crippen molar-refractivity contribution < 1.29 is 4.74 Å². The van der Waals surface area contributed by atoms with Crippen LogP contribution in [0.3, 0.4) is 0 Å². The van der Waals surface area contributed by atoms with E-state index in [4.69, 9.17) is 4.74 Å². The zero-order valence-corrected chi connectivity index (χ0v) is 9.68. The maximum absolute atomic E-state index is 5.74. The van der Waals surface area contributed by atoms with Gasteiger partial charge in [0.25, 0.3) is 0 Å². The van der Waals surface area contributed by atoms with Crippen LogP contribution in [-0.2, 0) is 11.8 Å².